The lowest BCUT2D eigenvalue weighted by Crippen LogP contribution is -2.42. The van der Waals surface area contributed by atoms with Crippen LogP contribution in [0.25, 0.3) is 0 Å². The number of allylic oxidation sites excluding steroid dienone is 1. The van der Waals surface area contributed by atoms with E-state index in [2.05, 4.69) is 0 Å². The highest BCUT2D eigenvalue weighted by Gasteiger charge is 2.36. The monoisotopic (exact) mass is 318 g/mol. The van der Waals surface area contributed by atoms with Crippen LogP contribution in [0.15, 0.2) is 12.2 Å². The van der Waals surface area contributed by atoms with Gasteiger partial charge in [0, 0.05) is 33.4 Å². The standard InChI is InChI=1S/C15H30O5Si/c1-5-12-15(16)20-13-10-8-6-7-9-11-14-21(17-2,18-3)19-4/h5,12H,6-11,13-14H2,1-4H3. The first-order valence-electron chi connectivity index (χ1n) is 7.59. The van der Waals surface area contributed by atoms with E-state index in [1.807, 2.05) is 0 Å². The van der Waals surface area contributed by atoms with Gasteiger partial charge in [0.1, 0.15) is 0 Å². The first-order valence-corrected chi connectivity index (χ1v) is 9.52. The zero-order chi connectivity index (χ0) is 16.0. The average Bonchev–Trinajstić information content (AvgIpc) is 2.50. The van der Waals surface area contributed by atoms with E-state index in [-0.39, 0.29) is 5.97 Å². The molecule has 0 amide bonds. The Balaban J connectivity index is 3.46. The molecule has 0 aliphatic heterocycles. The number of carbonyl (C=O) groups is 1. The summed E-state index contributed by atoms with van der Waals surface area (Å²) in [7, 11) is 2.56. The minimum Gasteiger partial charge on any atom is -0.463 e. The maximum atomic E-state index is 11.1. The van der Waals surface area contributed by atoms with Crippen LogP contribution in [-0.4, -0.2) is 42.7 Å². The second-order valence-corrected chi connectivity index (χ2v) is 7.92. The topological polar surface area (TPSA) is 54.0 Å². The summed E-state index contributed by atoms with van der Waals surface area (Å²) in [5.41, 5.74) is 0. The van der Waals surface area contributed by atoms with E-state index in [0.29, 0.717) is 6.61 Å². The van der Waals surface area contributed by atoms with Crippen LogP contribution in [0.1, 0.15) is 45.4 Å². The molecule has 0 spiro atoms. The molecule has 5 nitrogen and oxygen atoms in total. The highest BCUT2D eigenvalue weighted by molar-refractivity contribution is 6.60. The quantitative estimate of drug-likeness (QED) is 0.226. The molecule has 21 heavy (non-hydrogen) atoms. The molecule has 0 unspecified atom stereocenters. The zero-order valence-corrected chi connectivity index (χ0v) is 14.9. The molecular formula is C15H30O5Si. The van der Waals surface area contributed by atoms with E-state index < -0.39 is 8.80 Å². The maximum Gasteiger partial charge on any atom is 0.500 e. The Labute approximate surface area is 130 Å². The van der Waals surface area contributed by atoms with Crippen LogP contribution < -0.4 is 0 Å². The highest BCUT2D eigenvalue weighted by atomic mass is 28.4. The minimum atomic E-state index is -2.38. The lowest BCUT2D eigenvalue weighted by atomic mass is 10.1. The van der Waals surface area contributed by atoms with E-state index in [4.69, 9.17) is 18.0 Å². The summed E-state index contributed by atoms with van der Waals surface area (Å²) < 4.78 is 21.2. The van der Waals surface area contributed by atoms with E-state index in [1.165, 1.54) is 12.5 Å². The Bertz CT molecular complexity index is 282. The van der Waals surface area contributed by atoms with Gasteiger partial charge in [-0.05, 0) is 19.8 Å². The van der Waals surface area contributed by atoms with Gasteiger partial charge in [-0.3, -0.25) is 0 Å². The molecule has 0 aromatic heterocycles. The summed E-state index contributed by atoms with van der Waals surface area (Å²) >= 11 is 0. The fourth-order valence-corrected chi connectivity index (χ4v) is 3.86. The lowest BCUT2D eigenvalue weighted by Gasteiger charge is -2.24. The van der Waals surface area contributed by atoms with Crippen molar-refractivity contribution in [3.05, 3.63) is 12.2 Å². The number of rotatable bonds is 13. The van der Waals surface area contributed by atoms with Gasteiger partial charge in [0.05, 0.1) is 6.61 Å². The second kappa shape index (κ2) is 13.0. The molecule has 0 aromatic rings. The van der Waals surface area contributed by atoms with Crippen LogP contribution in [0.3, 0.4) is 0 Å². The number of ether oxygens (including phenoxy) is 1. The lowest BCUT2D eigenvalue weighted by molar-refractivity contribution is -0.137. The zero-order valence-electron chi connectivity index (χ0n) is 13.9. The summed E-state index contributed by atoms with van der Waals surface area (Å²) in [5, 5.41) is 0. The number of hydrogen-bond donors (Lipinski definition) is 0. The van der Waals surface area contributed by atoms with Crippen molar-refractivity contribution in [1.82, 2.24) is 0 Å². The molecule has 0 N–H and O–H groups in total. The van der Waals surface area contributed by atoms with Crippen LogP contribution >= 0.6 is 0 Å². The molecule has 0 rings (SSSR count). The largest absolute Gasteiger partial charge is 0.500 e. The van der Waals surface area contributed by atoms with E-state index in [0.717, 1.165) is 38.1 Å². The van der Waals surface area contributed by atoms with Gasteiger partial charge in [0.2, 0.25) is 0 Å². The molecule has 0 fully saturated rings. The molecule has 124 valence electrons. The van der Waals surface area contributed by atoms with Gasteiger partial charge in [-0.25, -0.2) is 4.79 Å². The van der Waals surface area contributed by atoms with Crippen LogP contribution in [0.4, 0.5) is 0 Å². The summed E-state index contributed by atoms with van der Waals surface area (Å²) in [6.07, 6.45) is 9.66. The summed E-state index contributed by atoms with van der Waals surface area (Å²) in [6, 6.07) is 0.859. The Morgan fingerprint density at radius 1 is 0.905 bits per heavy atom. The fourth-order valence-electron chi connectivity index (χ4n) is 2.06. The number of carbonyl (C=O) groups excluding carboxylic acids is 1. The van der Waals surface area contributed by atoms with Gasteiger partial charge < -0.3 is 18.0 Å². The molecule has 0 radical (unpaired) electrons. The number of hydrogen-bond acceptors (Lipinski definition) is 5. The third kappa shape index (κ3) is 9.79. The molecule has 0 heterocycles. The van der Waals surface area contributed by atoms with Crippen LogP contribution in [-0.2, 0) is 22.8 Å². The van der Waals surface area contributed by atoms with Gasteiger partial charge in [-0.2, -0.15) is 0 Å². The van der Waals surface area contributed by atoms with E-state index in [9.17, 15) is 4.79 Å². The third-order valence-corrected chi connectivity index (χ3v) is 6.19. The summed E-state index contributed by atoms with van der Waals surface area (Å²) in [5.74, 6) is -0.252. The Morgan fingerprint density at radius 2 is 1.43 bits per heavy atom. The van der Waals surface area contributed by atoms with Crippen molar-refractivity contribution >= 4 is 14.8 Å². The van der Waals surface area contributed by atoms with E-state index in [1.54, 1.807) is 34.3 Å². The molecule has 0 bridgehead atoms. The summed E-state index contributed by atoms with van der Waals surface area (Å²) in [6.45, 7) is 2.31. The summed E-state index contributed by atoms with van der Waals surface area (Å²) in [4.78, 5) is 11.1. The first kappa shape index (κ1) is 20.3. The molecule has 0 aromatic carbocycles. The van der Waals surface area contributed by atoms with Gasteiger partial charge in [0.15, 0.2) is 0 Å². The van der Waals surface area contributed by atoms with E-state index >= 15 is 0 Å². The predicted molar refractivity (Wildman–Crippen MR) is 85.1 cm³/mol. The SMILES string of the molecule is CC=CC(=O)OCCCCCCCC[Si](OC)(OC)OC. The third-order valence-electron chi connectivity index (χ3n) is 3.36. The Hall–Kier alpha value is -0.693. The van der Waals surface area contributed by atoms with Crippen molar-refractivity contribution in [2.75, 3.05) is 27.9 Å². The van der Waals surface area contributed by atoms with Crippen molar-refractivity contribution < 1.29 is 22.8 Å². The number of unbranched alkanes of at least 4 members (excludes halogenated alkanes) is 5. The molecule has 0 atom stereocenters. The van der Waals surface area contributed by atoms with Crippen molar-refractivity contribution in [2.24, 2.45) is 0 Å². The molecule has 0 saturated heterocycles. The Morgan fingerprint density at radius 3 is 1.95 bits per heavy atom. The van der Waals surface area contributed by atoms with Gasteiger partial charge >= 0.3 is 14.8 Å². The van der Waals surface area contributed by atoms with Crippen molar-refractivity contribution in [2.45, 2.75) is 51.5 Å². The van der Waals surface area contributed by atoms with Crippen LogP contribution in [0, 0.1) is 0 Å². The molecule has 0 saturated carbocycles. The van der Waals surface area contributed by atoms with Crippen molar-refractivity contribution in [3.63, 3.8) is 0 Å². The van der Waals surface area contributed by atoms with Gasteiger partial charge in [-0.1, -0.05) is 31.8 Å². The maximum absolute atomic E-state index is 11.1. The molecule has 6 heteroatoms. The van der Waals surface area contributed by atoms with Crippen molar-refractivity contribution in [3.8, 4) is 0 Å². The van der Waals surface area contributed by atoms with Crippen molar-refractivity contribution in [1.29, 1.82) is 0 Å². The fraction of sp³-hybridized carbons (Fsp3) is 0.800. The van der Waals surface area contributed by atoms with Crippen LogP contribution in [0.2, 0.25) is 6.04 Å². The molecule has 0 aliphatic carbocycles. The number of esters is 1. The normalized spacial score (nSPS) is 12.0. The second-order valence-electron chi connectivity index (χ2n) is 4.83. The molecular weight excluding hydrogens is 288 g/mol. The van der Waals surface area contributed by atoms with Gasteiger partial charge in [-0.15, -0.1) is 0 Å². The average molecular weight is 318 g/mol. The van der Waals surface area contributed by atoms with Crippen LogP contribution in [0.5, 0.6) is 0 Å². The smallest absolute Gasteiger partial charge is 0.463 e. The van der Waals surface area contributed by atoms with Gasteiger partial charge in [0.25, 0.3) is 0 Å². The molecule has 0 aliphatic rings. The highest BCUT2D eigenvalue weighted by Crippen LogP contribution is 2.18. The minimum absolute atomic E-state index is 0.252. The Kier molecular flexibility index (Phi) is 12.6. The first-order chi connectivity index (χ1) is 10.1. The predicted octanol–water partition coefficient (Wildman–Crippen LogP) is 3.32.